The Bertz CT molecular complexity index is 933. The zero-order valence-electron chi connectivity index (χ0n) is 17.3. The average Bonchev–Trinajstić information content (AvgIpc) is 3.28. The number of carbonyl (C=O) groups is 2. The van der Waals surface area contributed by atoms with Gasteiger partial charge in [-0.05, 0) is 49.6 Å². The molecule has 0 bridgehead atoms. The molecule has 3 rings (SSSR count). The van der Waals surface area contributed by atoms with Crippen molar-refractivity contribution >= 4 is 29.0 Å². The maximum absolute atomic E-state index is 13.8. The minimum absolute atomic E-state index is 0.149. The van der Waals surface area contributed by atoms with Crippen molar-refractivity contribution in [3.8, 4) is 0 Å². The van der Waals surface area contributed by atoms with Crippen molar-refractivity contribution in [3.05, 3.63) is 53.6 Å². The van der Waals surface area contributed by atoms with Crippen molar-refractivity contribution in [2.45, 2.75) is 19.3 Å². The van der Waals surface area contributed by atoms with E-state index in [1.807, 2.05) is 0 Å². The number of ether oxygens (including phenoxy) is 1. The van der Waals surface area contributed by atoms with Crippen molar-refractivity contribution < 1.29 is 23.1 Å². The number of halogens is 2. The third-order valence-corrected chi connectivity index (χ3v) is 4.94. The minimum Gasteiger partial charge on any atom is -0.385 e. The van der Waals surface area contributed by atoms with Gasteiger partial charge in [-0.3, -0.25) is 4.79 Å². The molecular formula is C22H26F2N4O3. The number of urea groups is 1. The van der Waals surface area contributed by atoms with Gasteiger partial charge >= 0.3 is 6.03 Å². The molecule has 3 N–H and O–H groups in total. The number of nitrogens with one attached hydrogen (secondary N) is 3. The Morgan fingerprint density at radius 2 is 1.84 bits per heavy atom. The highest BCUT2D eigenvalue weighted by atomic mass is 19.1. The molecule has 1 saturated heterocycles. The van der Waals surface area contributed by atoms with Gasteiger partial charge in [-0.25, -0.2) is 13.6 Å². The van der Waals surface area contributed by atoms with Gasteiger partial charge in [0.25, 0.3) is 5.91 Å². The molecule has 7 nitrogen and oxygen atoms in total. The molecule has 1 fully saturated rings. The highest BCUT2D eigenvalue weighted by Crippen LogP contribution is 2.28. The van der Waals surface area contributed by atoms with Gasteiger partial charge in [0, 0.05) is 50.8 Å². The molecule has 3 amide bonds. The number of hydrogen-bond acceptors (Lipinski definition) is 4. The van der Waals surface area contributed by atoms with Crippen molar-refractivity contribution in [1.29, 1.82) is 0 Å². The molecule has 0 atom stereocenters. The van der Waals surface area contributed by atoms with Crippen molar-refractivity contribution in [2.75, 3.05) is 48.9 Å². The fourth-order valence-electron chi connectivity index (χ4n) is 3.42. The summed E-state index contributed by atoms with van der Waals surface area (Å²) < 4.78 is 31.8. The van der Waals surface area contributed by atoms with Crippen LogP contribution < -0.4 is 20.9 Å². The Balaban J connectivity index is 1.74. The summed E-state index contributed by atoms with van der Waals surface area (Å²) in [7, 11) is 1.60. The second-order valence-corrected chi connectivity index (χ2v) is 7.23. The molecule has 2 aromatic carbocycles. The largest absolute Gasteiger partial charge is 0.385 e. The van der Waals surface area contributed by atoms with Crippen molar-refractivity contribution in [3.63, 3.8) is 0 Å². The lowest BCUT2D eigenvalue weighted by Gasteiger charge is -2.22. The zero-order chi connectivity index (χ0) is 22.2. The quantitative estimate of drug-likeness (QED) is 0.551. The van der Waals surface area contributed by atoms with E-state index in [1.165, 1.54) is 0 Å². The van der Waals surface area contributed by atoms with E-state index < -0.39 is 17.7 Å². The van der Waals surface area contributed by atoms with Crippen LogP contribution in [-0.4, -0.2) is 45.3 Å². The minimum atomic E-state index is -0.879. The molecule has 0 aliphatic carbocycles. The van der Waals surface area contributed by atoms with E-state index in [-0.39, 0.29) is 11.6 Å². The predicted octanol–water partition coefficient (Wildman–Crippen LogP) is 3.98. The van der Waals surface area contributed by atoms with Gasteiger partial charge < -0.3 is 25.6 Å². The summed E-state index contributed by atoms with van der Waals surface area (Å²) in [6, 6.07) is 7.26. The molecule has 0 spiro atoms. The monoisotopic (exact) mass is 432 g/mol. The van der Waals surface area contributed by atoms with Crippen LogP contribution in [0, 0.1) is 11.6 Å². The molecule has 0 radical (unpaired) electrons. The standard InChI is InChI=1S/C22H26F2N4O3/c1-31-12-4-9-25-21(29)17-14-16(6-8-20(17)28-10-2-3-11-28)26-22(30)27-19-7-5-15(23)13-18(19)24/h5-8,13-14H,2-4,9-12H2,1H3,(H,25,29)(H2,26,27,30). The van der Waals surface area contributed by atoms with Crippen LogP contribution in [0.25, 0.3) is 0 Å². The first-order valence-electron chi connectivity index (χ1n) is 10.2. The lowest BCUT2D eigenvalue weighted by molar-refractivity contribution is 0.0949. The van der Waals surface area contributed by atoms with Crippen LogP contribution in [0.1, 0.15) is 29.6 Å². The number of hydrogen-bond donors (Lipinski definition) is 3. The van der Waals surface area contributed by atoms with E-state index in [9.17, 15) is 18.4 Å². The Morgan fingerprint density at radius 3 is 2.55 bits per heavy atom. The van der Waals surface area contributed by atoms with Crippen LogP contribution in [0.2, 0.25) is 0 Å². The Hall–Kier alpha value is -3.20. The Labute approximate surface area is 179 Å². The highest BCUT2D eigenvalue weighted by Gasteiger charge is 2.20. The maximum Gasteiger partial charge on any atom is 0.323 e. The second kappa shape index (κ2) is 10.7. The van der Waals surface area contributed by atoms with Crippen LogP contribution in [-0.2, 0) is 4.74 Å². The summed E-state index contributed by atoms with van der Waals surface area (Å²) >= 11 is 0. The molecule has 1 aliphatic heterocycles. The van der Waals surface area contributed by atoms with E-state index in [2.05, 4.69) is 20.9 Å². The number of nitrogens with zero attached hydrogens (tertiary/aromatic N) is 1. The second-order valence-electron chi connectivity index (χ2n) is 7.23. The molecule has 166 valence electrons. The van der Waals surface area contributed by atoms with Gasteiger partial charge in [0.15, 0.2) is 0 Å². The van der Waals surface area contributed by atoms with Gasteiger partial charge in [0.2, 0.25) is 0 Å². The zero-order valence-corrected chi connectivity index (χ0v) is 17.3. The molecule has 1 heterocycles. The third kappa shape index (κ3) is 6.14. The summed E-state index contributed by atoms with van der Waals surface area (Å²) in [6.45, 7) is 2.73. The van der Waals surface area contributed by atoms with E-state index >= 15 is 0 Å². The number of amides is 3. The highest BCUT2D eigenvalue weighted by molar-refractivity contribution is 6.04. The Kier molecular flexibility index (Phi) is 7.77. The van der Waals surface area contributed by atoms with Crippen LogP contribution in [0.4, 0.5) is 30.6 Å². The number of anilines is 3. The topological polar surface area (TPSA) is 82.7 Å². The van der Waals surface area contributed by atoms with Gasteiger partial charge in [-0.1, -0.05) is 0 Å². The van der Waals surface area contributed by atoms with Gasteiger partial charge in [-0.2, -0.15) is 0 Å². The van der Waals surface area contributed by atoms with Gasteiger partial charge in [0.05, 0.1) is 11.3 Å². The molecule has 0 saturated carbocycles. The number of methoxy groups -OCH3 is 1. The number of rotatable bonds is 8. The lowest BCUT2D eigenvalue weighted by atomic mass is 10.1. The van der Waals surface area contributed by atoms with Crippen LogP contribution >= 0.6 is 0 Å². The molecule has 1 aliphatic rings. The fraction of sp³-hybridized carbons (Fsp3) is 0.364. The Morgan fingerprint density at radius 1 is 1.06 bits per heavy atom. The molecule has 0 unspecified atom stereocenters. The van der Waals surface area contributed by atoms with Crippen LogP contribution in [0.3, 0.4) is 0 Å². The summed E-state index contributed by atoms with van der Waals surface area (Å²) in [4.78, 5) is 27.2. The van der Waals surface area contributed by atoms with Crippen LogP contribution in [0.15, 0.2) is 36.4 Å². The predicted molar refractivity (Wildman–Crippen MR) is 116 cm³/mol. The first-order chi connectivity index (χ1) is 15.0. The van der Waals surface area contributed by atoms with Crippen LogP contribution in [0.5, 0.6) is 0 Å². The van der Waals surface area contributed by atoms with Crippen molar-refractivity contribution in [1.82, 2.24) is 5.32 Å². The average molecular weight is 432 g/mol. The smallest absolute Gasteiger partial charge is 0.323 e. The summed E-state index contributed by atoms with van der Waals surface area (Å²) in [5, 5.41) is 7.80. The summed E-state index contributed by atoms with van der Waals surface area (Å²) in [5.74, 6) is -1.86. The SMILES string of the molecule is COCCCNC(=O)c1cc(NC(=O)Nc2ccc(F)cc2F)ccc1N1CCCC1. The first-order valence-corrected chi connectivity index (χ1v) is 10.2. The van der Waals surface area contributed by atoms with E-state index in [1.54, 1.807) is 25.3 Å². The molecule has 0 aromatic heterocycles. The molecule has 2 aromatic rings. The normalized spacial score (nSPS) is 13.2. The third-order valence-electron chi connectivity index (χ3n) is 4.94. The molecule has 31 heavy (non-hydrogen) atoms. The van der Waals surface area contributed by atoms with E-state index in [4.69, 9.17) is 4.74 Å². The van der Waals surface area contributed by atoms with E-state index in [0.717, 1.165) is 43.8 Å². The lowest BCUT2D eigenvalue weighted by Crippen LogP contribution is -2.29. The van der Waals surface area contributed by atoms with Gasteiger partial charge in [0.1, 0.15) is 11.6 Å². The van der Waals surface area contributed by atoms with Crippen molar-refractivity contribution in [2.24, 2.45) is 0 Å². The maximum atomic E-state index is 13.8. The number of benzene rings is 2. The summed E-state index contributed by atoms with van der Waals surface area (Å²) in [6.07, 6.45) is 2.80. The molecule has 9 heteroatoms. The molecular weight excluding hydrogens is 406 g/mol. The van der Waals surface area contributed by atoms with Gasteiger partial charge in [-0.15, -0.1) is 0 Å². The first kappa shape index (κ1) is 22.5. The number of carbonyl (C=O) groups excluding carboxylic acids is 2. The summed E-state index contributed by atoms with van der Waals surface area (Å²) in [5.41, 5.74) is 1.48. The van der Waals surface area contributed by atoms with E-state index in [0.29, 0.717) is 36.9 Å². The fourth-order valence-corrected chi connectivity index (χ4v) is 3.42.